The van der Waals surface area contributed by atoms with Crippen molar-refractivity contribution >= 4 is 23.2 Å². The summed E-state index contributed by atoms with van der Waals surface area (Å²) in [5.74, 6) is -0.707. The van der Waals surface area contributed by atoms with Crippen LogP contribution in [0.2, 0.25) is 0 Å². The van der Waals surface area contributed by atoms with Gasteiger partial charge in [0.1, 0.15) is 4.88 Å². The minimum atomic E-state index is -0.819. The Hall–Kier alpha value is -2.40. The molecule has 4 nitrogen and oxygen atoms in total. The van der Waals surface area contributed by atoms with E-state index >= 15 is 0 Å². The Morgan fingerprint density at radius 2 is 1.96 bits per heavy atom. The normalized spacial score (nSPS) is 14.9. The van der Waals surface area contributed by atoms with Gasteiger partial charge in [-0.05, 0) is 63.0 Å². The summed E-state index contributed by atoms with van der Waals surface area (Å²) >= 11 is 1.33. The second kappa shape index (κ2) is 9.69. The molecule has 2 aromatic rings. The van der Waals surface area contributed by atoms with Crippen LogP contribution in [-0.4, -0.2) is 24.5 Å². The molecule has 0 aliphatic heterocycles. The van der Waals surface area contributed by atoms with Gasteiger partial charge < -0.3 is 10.1 Å². The molecule has 0 bridgehead atoms. The molecule has 0 saturated heterocycles. The number of hydrogen-bond acceptors (Lipinski definition) is 4. The van der Waals surface area contributed by atoms with Gasteiger partial charge in [-0.25, -0.2) is 4.79 Å². The van der Waals surface area contributed by atoms with Gasteiger partial charge in [-0.15, -0.1) is 11.3 Å². The van der Waals surface area contributed by atoms with E-state index in [1.807, 2.05) is 42.6 Å². The number of benzene rings is 1. The highest BCUT2D eigenvalue weighted by molar-refractivity contribution is 7.12. The molecule has 0 spiro atoms. The zero-order valence-electron chi connectivity index (χ0n) is 16.5. The van der Waals surface area contributed by atoms with E-state index in [1.54, 1.807) is 6.92 Å². The van der Waals surface area contributed by atoms with Crippen LogP contribution in [0.1, 0.15) is 54.3 Å². The third kappa shape index (κ3) is 5.32. The maximum absolute atomic E-state index is 12.6. The van der Waals surface area contributed by atoms with E-state index in [-0.39, 0.29) is 5.91 Å². The number of ether oxygens (including phenoxy) is 1. The van der Waals surface area contributed by atoms with Crippen LogP contribution >= 0.6 is 11.3 Å². The molecule has 1 aromatic heterocycles. The lowest BCUT2D eigenvalue weighted by Gasteiger charge is -2.15. The zero-order chi connectivity index (χ0) is 19.9. The SMILES string of the molecule is Cc1ccc(-c2ccsc2C(=O)O[C@@H](C)C(=O)NCCC2=CCCCC2)cc1. The van der Waals surface area contributed by atoms with Crippen molar-refractivity contribution in [2.24, 2.45) is 0 Å². The molecule has 5 heteroatoms. The molecular weight excluding hydrogens is 370 g/mol. The van der Waals surface area contributed by atoms with E-state index in [9.17, 15) is 9.59 Å². The summed E-state index contributed by atoms with van der Waals surface area (Å²) < 4.78 is 5.43. The van der Waals surface area contributed by atoms with Crippen molar-refractivity contribution in [3.63, 3.8) is 0 Å². The van der Waals surface area contributed by atoms with Crippen LogP contribution in [0.15, 0.2) is 47.4 Å². The lowest BCUT2D eigenvalue weighted by molar-refractivity contribution is -0.129. The Morgan fingerprint density at radius 3 is 2.68 bits per heavy atom. The van der Waals surface area contributed by atoms with Crippen molar-refractivity contribution in [3.8, 4) is 11.1 Å². The van der Waals surface area contributed by atoms with Gasteiger partial charge in [0.25, 0.3) is 5.91 Å². The second-order valence-electron chi connectivity index (χ2n) is 7.23. The molecular formula is C23H27NO3S. The fourth-order valence-electron chi connectivity index (χ4n) is 3.32. The predicted molar refractivity (Wildman–Crippen MR) is 114 cm³/mol. The third-order valence-electron chi connectivity index (χ3n) is 5.00. The third-order valence-corrected chi connectivity index (χ3v) is 5.89. The average molecular weight is 398 g/mol. The van der Waals surface area contributed by atoms with E-state index < -0.39 is 12.1 Å². The summed E-state index contributed by atoms with van der Waals surface area (Å²) in [6.07, 6.45) is 7.09. The van der Waals surface area contributed by atoms with Crippen molar-refractivity contribution in [1.82, 2.24) is 5.32 Å². The summed E-state index contributed by atoms with van der Waals surface area (Å²) in [6, 6.07) is 9.92. The molecule has 1 amide bonds. The number of nitrogens with one attached hydrogen (secondary N) is 1. The molecule has 1 heterocycles. The topological polar surface area (TPSA) is 55.4 Å². The molecule has 0 radical (unpaired) electrons. The van der Waals surface area contributed by atoms with Crippen LogP contribution in [0.25, 0.3) is 11.1 Å². The molecule has 1 aliphatic carbocycles. The van der Waals surface area contributed by atoms with Crippen molar-refractivity contribution in [3.05, 3.63) is 57.8 Å². The predicted octanol–water partition coefficient (Wildman–Crippen LogP) is 5.28. The van der Waals surface area contributed by atoms with Crippen molar-refractivity contribution < 1.29 is 14.3 Å². The number of esters is 1. The smallest absolute Gasteiger partial charge is 0.349 e. The number of hydrogen-bond donors (Lipinski definition) is 1. The van der Waals surface area contributed by atoms with Crippen LogP contribution in [0.5, 0.6) is 0 Å². The lowest BCUT2D eigenvalue weighted by Crippen LogP contribution is -2.36. The first kappa shape index (κ1) is 20.3. The number of carbonyl (C=O) groups is 2. The van der Waals surface area contributed by atoms with Crippen molar-refractivity contribution in [1.29, 1.82) is 0 Å². The van der Waals surface area contributed by atoms with Gasteiger partial charge in [0.15, 0.2) is 6.10 Å². The first-order valence-corrected chi connectivity index (χ1v) is 10.7. The minimum absolute atomic E-state index is 0.252. The molecule has 148 valence electrons. The standard InChI is InChI=1S/C23H27NO3S/c1-16-8-10-19(11-9-16)20-13-15-28-21(20)23(26)27-17(2)22(25)24-14-12-18-6-4-3-5-7-18/h6,8-11,13,15,17H,3-5,7,12,14H2,1-2H3,(H,24,25)/t17-/m0/s1. The molecule has 1 atom stereocenters. The number of allylic oxidation sites excluding steroid dienone is 1. The molecule has 3 rings (SSSR count). The molecule has 0 fully saturated rings. The quantitative estimate of drug-likeness (QED) is 0.511. The Kier molecular flexibility index (Phi) is 7.04. The van der Waals surface area contributed by atoms with Gasteiger partial charge in [-0.3, -0.25) is 4.79 Å². The Morgan fingerprint density at radius 1 is 1.18 bits per heavy atom. The van der Waals surface area contributed by atoms with Gasteiger partial charge in [-0.2, -0.15) is 0 Å². The maximum atomic E-state index is 12.6. The maximum Gasteiger partial charge on any atom is 0.349 e. The van der Waals surface area contributed by atoms with Crippen LogP contribution < -0.4 is 5.32 Å². The van der Waals surface area contributed by atoms with Gasteiger partial charge in [0.05, 0.1) is 0 Å². The highest BCUT2D eigenvalue weighted by Crippen LogP contribution is 2.29. The van der Waals surface area contributed by atoms with E-state index in [4.69, 9.17) is 4.74 Å². The highest BCUT2D eigenvalue weighted by Gasteiger charge is 2.22. The van der Waals surface area contributed by atoms with E-state index in [0.29, 0.717) is 11.4 Å². The molecule has 1 aliphatic rings. The number of aryl methyl sites for hydroxylation is 1. The van der Waals surface area contributed by atoms with Gasteiger partial charge in [0, 0.05) is 12.1 Å². The lowest BCUT2D eigenvalue weighted by atomic mass is 9.97. The van der Waals surface area contributed by atoms with Gasteiger partial charge in [-0.1, -0.05) is 41.5 Å². The molecule has 0 unspecified atom stereocenters. The largest absolute Gasteiger partial charge is 0.448 e. The second-order valence-corrected chi connectivity index (χ2v) is 8.14. The Labute approximate surface area is 170 Å². The van der Waals surface area contributed by atoms with Crippen molar-refractivity contribution in [2.45, 2.75) is 52.1 Å². The van der Waals surface area contributed by atoms with E-state index in [0.717, 1.165) is 36.0 Å². The monoisotopic (exact) mass is 397 g/mol. The fourth-order valence-corrected chi connectivity index (χ4v) is 4.11. The molecule has 1 N–H and O–H groups in total. The van der Waals surface area contributed by atoms with Crippen LogP contribution in [-0.2, 0) is 9.53 Å². The Bertz CT molecular complexity index is 851. The van der Waals surface area contributed by atoms with E-state index in [2.05, 4.69) is 11.4 Å². The van der Waals surface area contributed by atoms with Crippen molar-refractivity contribution in [2.75, 3.05) is 6.54 Å². The number of amides is 1. The summed E-state index contributed by atoms with van der Waals surface area (Å²) in [5.41, 5.74) is 4.39. The van der Waals surface area contributed by atoms with E-state index in [1.165, 1.54) is 29.8 Å². The average Bonchev–Trinajstić information content (AvgIpc) is 3.19. The molecule has 28 heavy (non-hydrogen) atoms. The number of carbonyl (C=O) groups excluding carboxylic acids is 2. The van der Waals surface area contributed by atoms with Gasteiger partial charge >= 0.3 is 5.97 Å². The Balaban J connectivity index is 1.54. The molecule has 0 saturated carbocycles. The highest BCUT2D eigenvalue weighted by atomic mass is 32.1. The zero-order valence-corrected chi connectivity index (χ0v) is 17.3. The summed E-state index contributed by atoms with van der Waals surface area (Å²) in [6.45, 7) is 4.23. The fraction of sp³-hybridized carbons (Fsp3) is 0.391. The van der Waals surface area contributed by atoms with Crippen LogP contribution in [0.4, 0.5) is 0 Å². The molecule has 1 aromatic carbocycles. The number of thiophene rings is 1. The summed E-state index contributed by atoms with van der Waals surface area (Å²) in [7, 11) is 0. The van der Waals surface area contributed by atoms with Gasteiger partial charge in [0.2, 0.25) is 0 Å². The summed E-state index contributed by atoms with van der Waals surface area (Å²) in [4.78, 5) is 25.4. The summed E-state index contributed by atoms with van der Waals surface area (Å²) in [5, 5.41) is 4.75. The number of rotatable bonds is 7. The first-order chi connectivity index (χ1) is 13.5. The van der Waals surface area contributed by atoms with Crippen LogP contribution in [0.3, 0.4) is 0 Å². The minimum Gasteiger partial charge on any atom is -0.448 e. The first-order valence-electron chi connectivity index (χ1n) is 9.85. The van der Waals surface area contributed by atoms with Crippen LogP contribution in [0, 0.1) is 6.92 Å².